The molecular formula is C14H16FNOS. The van der Waals surface area contributed by atoms with Crippen molar-refractivity contribution in [2.75, 3.05) is 6.54 Å². The lowest BCUT2D eigenvalue weighted by molar-refractivity contribution is 0.527. The minimum absolute atomic E-state index is 0.165. The second kappa shape index (κ2) is 6.07. The summed E-state index contributed by atoms with van der Waals surface area (Å²) in [5.74, 6) is 0.695. The van der Waals surface area contributed by atoms with Gasteiger partial charge in [0, 0.05) is 17.0 Å². The molecule has 0 aliphatic carbocycles. The Balaban J connectivity index is 2.26. The monoisotopic (exact) mass is 265 g/mol. The predicted molar refractivity (Wildman–Crippen MR) is 71.3 cm³/mol. The van der Waals surface area contributed by atoms with Crippen LogP contribution in [-0.2, 0) is 6.54 Å². The fourth-order valence-electron chi connectivity index (χ4n) is 1.65. The molecule has 1 aromatic carbocycles. The summed E-state index contributed by atoms with van der Waals surface area (Å²) in [6.07, 6.45) is 1.65. The Morgan fingerprint density at radius 3 is 2.78 bits per heavy atom. The first-order valence-electron chi connectivity index (χ1n) is 5.92. The normalized spacial score (nSPS) is 10.8. The van der Waals surface area contributed by atoms with Crippen molar-refractivity contribution in [2.45, 2.75) is 30.2 Å². The first-order valence-corrected chi connectivity index (χ1v) is 6.74. The number of aryl methyl sites for hydroxylation is 1. The van der Waals surface area contributed by atoms with Crippen LogP contribution in [0.4, 0.5) is 4.39 Å². The van der Waals surface area contributed by atoms with Gasteiger partial charge in [0.15, 0.2) is 0 Å². The van der Waals surface area contributed by atoms with E-state index >= 15 is 0 Å². The molecule has 0 radical (unpaired) electrons. The van der Waals surface area contributed by atoms with Gasteiger partial charge in [-0.15, -0.1) is 0 Å². The van der Waals surface area contributed by atoms with Crippen molar-refractivity contribution in [1.29, 1.82) is 0 Å². The Morgan fingerprint density at radius 2 is 2.11 bits per heavy atom. The maximum absolute atomic E-state index is 13.8. The number of rotatable bonds is 5. The highest BCUT2D eigenvalue weighted by Crippen LogP contribution is 2.34. The average Bonchev–Trinajstić information content (AvgIpc) is 2.74. The van der Waals surface area contributed by atoms with Crippen molar-refractivity contribution in [2.24, 2.45) is 0 Å². The Morgan fingerprint density at radius 1 is 1.28 bits per heavy atom. The molecule has 2 rings (SSSR count). The van der Waals surface area contributed by atoms with E-state index in [0.29, 0.717) is 12.1 Å². The van der Waals surface area contributed by atoms with E-state index in [0.717, 1.165) is 22.1 Å². The summed E-state index contributed by atoms with van der Waals surface area (Å²) in [5, 5.41) is 3.16. The third kappa shape index (κ3) is 2.94. The molecule has 0 saturated heterocycles. The van der Waals surface area contributed by atoms with Crippen LogP contribution in [0.5, 0.6) is 0 Å². The summed E-state index contributed by atoms with van der Waals surface area (Å²) in [4.78, 5) is 1.96. The quantitative estimate of drug-likeness (QED) is 0.885. The number of hydrogen-bond acceptors (Lipinski definition) is 3. The van der Waals surface area contributed by atoms with Crippen LogP contribution in [0.1, 0.15) is 18.2 Å². The first kappa shape index (κ1) is 13.2. The van der Waals surface area contributed by atoms with Crippen LogP contribution in [-0.4, -0.2) is 6.54 Å². The molecule has 0 fully saturated rings. The molecule has 2 aromatic rings. The molecule has 1 aromatic heterocycles. The molecule has 0 unspecified atom stereocenters. The van der Waals surface area contributed by atoms with Gasteiger partial charge in [0.25, 0.3) is 0 Å². The van der Waals surface area contributed by atoms with Gasteiger partial charge in [-0.3, -0.25) is 0 Å². The van der Waals surface area contributed by atoms with Crippen molar-refractivity contribution in [3.05, 3.63) is 47.7 Å². The average molecular weight is 265 g/mol. The van der Waals surface area contributed by atoms with Gasteiger partial charge in [-0.1, -0.05) is 24.8 Å². The van der Waals surface area contributed by atoms with Crippen molar-refractivity contribution < 1.29 is 8.81 Å². The highest BCUT2D eigenvalue weighted by atomic mass is 32.2. The number of hydrogen-bond donors (Lipinski definition) is 1. The van der Waals surface area contributed by atoms with E-state index in [2.05, 4.69) is 5.32 Å². The molecule has 1 heterocycles. The Kier molecular flexibility index (Phi) is 4.44. The summed E-state index contributed by atoms with van der Waals surface area (Å²) in [7, 11) is 0. The van der Waals surface area contributed by atoms with Crippen molar-refractivity contribution in [3.63, 3.8) is 0 Å². The van der Waals surface area contributed by atoms with Gasteiger partial charge in [0.1, 0.15) is 11.6 Å². The molecule has 0 atom stereocenters. The fourth-order valence-corrected chi connectivity index (χ4v) is 2.65. The number of nitrogens with one attached hydrogen (secondary N) is 1. The van der Waals surface area contributed by atoms with Crippen LogP contribution < -0.4 is 5.32 Å². The highest BCUT2D eigenvalue weighted by Gasteiger charge is 2.11. The van der Waals surface area contributed by atoms with Crippen LogP contribution >= 0.6 is 11.8 Å². The summed E-state index contributed by atoms with van der Waals surface area (Å²) in [6, 6.07) is 7.08. The van der Waals surface area contributed by atoms with Gasteiger partial charge < -0.3 is 9.73 Å². The molecule has 0 saturated carbocycles. The molecule has 0 bridgehead atoms. The van der Waals surface area contributed by atoms with Crippen molar-refractivity contribution in [3.8, 4) is 0 Å². The standard InChI is InChI=1S/C14H16FNOS/c1-3-16-9-11-12(15)5-4-6-14(11)18-13-7-8-17-10(13)2/h4-8,16H,3,9H2,1-2H3. The fraction of sp³-hybridized carbons (Fsp3) is 0.286. The summed E-state index contributed by atoms with van der Waals surface area (Å²) in [5.41, 5.74) is 0.713. The first-order chi connectivity index (χ1) is 8.72. The molecule has 0 amide bonds. The molecule has 96 valence electrons. The van der Waals surface area contributed by atoms with E-state index < -0.39 is 0 Å². The maximum Gasteiger partial charge on any atom is 0.128 e. The second-order valence-corrected chi connectivity index (χ2v) is 5.02. The van der Waals surface area contributed by atoms with Crippen LogP contribution in [0.2, 0.25) is 0 Å². The minimum Gasteiger partial charge on any atom is -0.468 e. The SMILES string of the molecule is CCNCc1c(F)cccc1Sc1ccoc1C. The number of furan rings is 1. The van der Waals surface area contributed by atoms with Gasteiger partial charge in [0.05, 0.1) is 11.2 Å². The van der Waals surface area contributed by atoms with Crippen molar-refractivity contribution >= 4 is 11.8 Å². The van der Waals surface area contributed by atoms with E-state index in [4.69, 9.17) is 4.42 Å². The zero-order chi connectivity index (χ0) is 13.0. The van der Waals surface area contributed by atoms with Gasteiger partial charge in [0.2, 0.25) is 0 Å². The zero-order valence-electron chi connectivity index (χ0n) is 10.5. The minimum atomic E-state index is -0.165. The van der Waals surface area contributed by atoms with Gasteiger partial charge in [-0.05, 0) is 31.7 Å². The largest absolute Gasteiger partial charge is 0.468 e. The lowest BCUT2D eigenvalue weighted by Crippen LogP contribution is -2.13. The lowest BCUT2D eigenvalue weighted by atomic mass is 10.2. The summed E-state index contributed by atoms with van der Waals surface area (Å²) < 4.78 is 19.1. The van der Waals surface area contributed by atoms with E-state index in [9.17, 15) is 4.39 Å². The van der Waals surface area contributed by atoms with Crippen LogP contribution in [0.15, 0.2) is 44.7 Å². The third-order valence-corrected chi connectivity index (χ3v) is 3.90. The topological polar surface area (TPSA) is 25.2 Å². The Labute approximate surface area is 111 Å². The molecule has 4 heteroatoms. The smallest absolute Gasteiger partial charge is 0.128 e. The van der Waals surface area contributed by atoms with Crippen LogP contribution in [0.25, 0.3) is 0 Å². The number of benzene rings is 1. The molecule has 2 nitrogen and oxygen atoms in total. The summed E-state index contributed by atoms with van der Waals surface area (Å²) >= 11 is 1.54. The molecule has 0 aliphatic rings. The van der Waals surface area contributed by atoms with E-state index in [-0.39, 0.29) is 5.82 Å². The predicted octanol–water partition coefficient (Wildman–Crippen LogP) is 3.99. The summed E-state index contributed by atoms with van der Waals surface area (Å²) in [6.45, 7) is 5.28. The third-order valence-electron chi connectivity index (χ3n) is 2.66. The zero-order valence-corrected chi connectivity index (χ0v) is 11.3. The Hall–Kier alpha value is -1.26. The van der Waals surface area contributed by atoms with E-state index in [1.807, 2.05) is 26.0 Å². The van der Waals surface area contributed by atoms with Crippen LogP contribution in [0, 0.1) is 12.7 Å². The number of halogens is 1. The molecular weight excluding hydrogens is 249 g/mol. The van der Waals surface area contributed by atoms with E-state index in [1.165, 1.54) is 17.8 Å². The molecule has 1 N–H and O–H groups in total. The second-order valence-electron chi connectivity index (χ2n) is 3.94. The van der Waals surface area contributed by atoms with Gasteiger partial charge in [-0.2, -0.15) is 0 Å². The Bertz CT molecular complexity index is 524. The van der Waals surface area contributed by atoms with Crippen LogP contribution in [0.3, 0.4) is 0 Å². The van der Waals surface area contributed by atoms with Gasteiger partial charge in [-0.25, -0.2) is 4.39 Å². The molecule has 18 heavy (non-hydrogen) atoms. The van der Waals surface area contributed by atoms with Gasteiger partial charge >= 0.3 is 0 Å². The van der Waals surface area contributed by atoms with E-state index in [1.54, 1.807) is 12.3 Å². The van der Waals surface area contributed by atoms with Crippen molar-refractivity contribution in [1.82, 2.24) is 5.32 Å². The maximum atomic E-state index is 13.8. The highest BCUT2D eigenvalue weighted by molar-refractivity contribution is 7.99. The molecule has 0 spiro atoms. The molecule has 0 aliphatic heterocycles. The lowest BCUT2D eigenvalue weighted by Gasteiger charge is -2.10.